The molecule has 1 heterocycles. The van der Waals surface area contributed by atoms with Crippen LogP contribution in [0.2, 0.25) is 0 Å². The second kappa shape index (κ2) is 6.84. The molecule has 1 N–H and O–H groups in total. The number of nitrogens with zero attached hydrogens (tertiary/aromatic N) is 4. The van der Waals surface area contributed by atoms with E-state index in [-0.39, 0.29) is 0 Å². The Hall–Kier alpha value is -2.17. The molecule has 0 saturated heterocycles. The molecule has 0 aliphatic rings. The number of aryl methyl sites for hydroxylation is 1. The highest BCUT2D eigenvalue weighted by Gasteiger charge is 2.06. The van der Waals surface area contributed by atoms with Crippen LogP contribution < -0.4 is 10.2 Å². The molecule has 20 heavy (non-hydrogen) atoms. The van der Waals surface area contributed by atoms with Crippen molar-refractivity contribution in [3.63, 3.8) is 0 Å². The molecule has 0 bridgehead atoms. The fourth-order valence-corrected chi connectivity index (χ4v) is 2.03. The Balaban J connectivity index is 2.04. The van der Waals surface area contributed by atoms with Crippen LogP contribution in [0.1, 0.15) is 25.0 Å². The molecule has 0 spiro atoms. The van der Waals surface area contributed by atoms with E-state index >= 15 is 0 Å². The highest BCUT2D eigenvalue weighted by atomic mass is 15.3. The van der Waals surface area contributed by atoms with Gasteiger partial charge in [-0.25, -0.2) is 0 Å². The van der Waals surface area contributed by atoms with Crippen molar-refractivity contribution < 1.29 is 0 Å². The lowest BCUT2D eigenvalue weighted by molar-refractivity contribution is 0.794. The zero-order chi connectivity index (χ0) is 14.4. The van der Waals surface area contributed by atoms with Gasteiger partial charge in [0.05, 0.1) is 6.20 Å². The van der Waals surface area contributed by atoms with Gasteiger partial charge in [0.1, 0.15) is 0 Å². The molecule has 5 nitrogen and oxygen atoms in total. The molecule has 2 rings (SSSR count). The predicted octanol–water partition coefficient (Wildman–Crippen LogP) is 2.64. The van der Waals surface area contributed by atoms with E-state index in [0.29, 0.717) is 5.95 Å². The van der Waals surface area contributed by atoms with Crippen molar-refractivity contribution in [2.75, 3.05) is 23.3 Å². The third kappa shape index (κ3) is 3.66. The molecule has 0 unspecified atom stereocenters. The summed E-state index contributed by atoms with van der Waals surface area (Å²) in [6.07, 6.45) is 1.66. The van der Waals surface area contributed by atoms with Crippen LogP contribution in [0.4, 0.5) is 11.8 Å². The summed E-state index contributed by atoms with van der Waals surface area (Å²) < 4.78 is 0. The minimum Gasteiger partial charge on any atom is -0.365 e. The number of hydrogen-bond donors (Lipinski definition) is 1. The van der Waals surface area contributed by atoms with Gasteiger partial charge in [-0.05, 0) is 26.3 Å². The standard InChI is InChI=1S/C15H21N5/c1-4-20(5-2)15-18-14(11-17-19-15)16-10-13-8-6-7-12(3)9-13/h6-9,11H,4-5,10H2,1-3H3,(H,16,18,19). The lowest BCUT2D eigenvalue weighted by atomic mass is 10.1. The van der Waals surface area contributed by atoms with E-state index in [1.807, 2.05) is 0 Å². The summed E-state index contributed by atoms with van der Waals surface area (Å²) in [7, 11) is 0. The smallest absolute Gasteiger partial charge is 0.247 e. The molecular weight excluding hydrogens is 250 g/mol. The maximum Gasteiger partial charge on any atom is 0.247 e. The highest BCUT2D eigenvalue weighted by molar-refractivity contribution is 5.39. The average molecular weight is 271 g/mol. The summed E-state index contributed by atoms with van der Waals surface area (Å²) in [6, 6.07) is 8.41. The van der Waals surface area contributed by atoms with Crippen molar-refractivity contribution in [3.05, 3.63) is 41.6 Å². The number of hydrogen-bond acceptors (Lipinski definition) is 5. The molecule has 0 atom stereocenters. The van der Waals surface area contributed by atoms with E-state index in [2.05, 4.69) is 70.4 Å². The van der Waals surface area contributed by atoms with E-state index < -0.39 is 0 Å². The second-order valence-corrected chi connectivity index (χ2v) is 4.66. The summed E-state index contributed by atoms with van der Waals surface area (Å²) in [5.74, 6) is 1.42. The Morgan fingerprint density at radius 1 is 1.20 bits per heavy atom. The summed E-state index contributed by atoms with van der Waals surface area (Å²) in [5.41, 5.74) is 2.49. The Bertz CT molecular complexity index is 551. The second-order valence-electron chi connectivity index (χ2n) is 4.66. The van der Waals surface area contributed by atoms with Crippen LogP contribution in [-0.4, -0.2) is 28.3 Å². The SMILES string of the molecule is CCN(CC)c1nncc(NCc2cccc(C)c2)n1. The largest absolute Gasteiger partial charge is 0.365 e. The Morgan fingerprint density at radius 3 is 2.70 bits per heavy atom. The first-order chi connectivity index (χ1) is 9.72. The zero-order valence-corrected chi connectivity index (χ0v) is 12.3. The molecule has 5 heteroatoms. The van der Waals surface area contributed by atoms with Crippen LogP contribution in [0.25, 0.3) is 0 Å². The molecule has 0 fully saturated rings. The lowest BCUT2D eigenvalue weighted by Gasteiger charge is -2.18. The minimum absolute atomic E-state index is 0.671. The molecule has 2 aromatic rings. The maximum absolute atomic E-state index is 4.49. The molecule has 1 aromatic carbocycles. The van der Waals surface area contributed by atoms with Crippen LogP contribution in [0.5, 0.6) is 0 Å². The van der Waals surface area contributed by atoms with Crippen LogP contribution in [0, 0.1) is 6.92 Å². The van der Waals surface area contributed by atoms with Gasteiger partial charge in [0, 0.05) is 19.6 Å². The average Bonchev–Trinajstić information content (AvgIpc) is 2.47. The Labute approximate surface area is 120 Å². The highest BCUT2D eigenvalue weighted by Crippen LogP contribution is 2.11. The van der Waals surface area contributed by atoms with Gasteiger partial charge in [-0.15, -0.1) is 5.10 Å². The third-order valence-corrected chi connectivity index (χ3v) is 3.15. The topological polar surface area (TPSA) is 53.9 Å². The van der Waals surface area contributed by atoms with Crippen molar-refractivity contribution in [3.8, 4) is 0 Å². The molecule has 0 amide bonds. The van der Waals surface area contributed by atoms with Crippen LogP contribution in [0.3, 0.4) is 0 Å². The van der Waals surface area contributed by atoms with E-state index in [0.717, 1.165) is 25.5 Å². The fraction of sp³-hybridized carbons (Fsp3) is 0.400. The van der Waals surface area contributed by atoms with E-state index in [1.165, 1.54) is 11.1 Å². The van der Waals surface area contributed by atoms with Crippen molar-refractivity contribution in [1.82, 2.24) is 15.2 Å². The molecule has 106 valence electrons. The van der Waals surface area contributed by atoms with Crippen molar-refractivity contribution in [2.24, 2.45) is 0 Å². The molecule has 1 aromatic heterocycles. The normalized spacial score (nSPS) is 10.3. The van der Waals surface area contributed by atoms with Gasteiger partial charge in [0.25, 0.3) is 0 Å². The van der Waals surface area contributed by atoms with Gasteiger partial charge >= 0.3 is 0 Å². The monoisotopic (exact) mass is 271 g/mol. The molecular formula is C15H21N5. The molecule has 0 saturated carbocycles. The van der Waals surface area contributed by atoms with Gasteiger partial charge < -0.3 is 10.2 Å². The quantitative estimate of drug-likeness (QED) is 0.875. The maximum atomic E-state index is 4.49. The summed E-state index contributed by atoms with van der Waals surface area (Å²) in [6.45, 7) is 8.74. The molecule has 0 aliphatic heterocycles. The van der Waals surface area contributed by atoms with Crippen LogP contribution >= 0.6 is 0 Å². The third-order valence-electron chi connectivity index (χ3n) is 3.15. The van der Waals surface area contributed by atoms with E-state index in [1.54, 1.807) is 6.20 Å². The Morgan fingerprint density at radius 2 is 2.00 bits per heavy atom. The van der Waals surface area contributed by atoms with Gasteiger partial charge in [-0.2, -0.15) is 10.1 Å². The van der Waals surface area contributed by atoms with Gasteiger partial charge in [0.2, 0.25) is 5.95 Å². The molecule has 0 aliphatic carbocycles. The fourth-order valence-electron chi connectivity index (χ4n) is 2.03. The van der Waals surface area contributed by atoms with Gasteiger partial charge in [0.15, 0.2) is 5.82 Å². The Kier molecular flexibility index (Phi) is 4.87. The minimum atomic E-state index is 0.671. The first-order valence-electron chi connectivity index (χ1n) is 6.97. The zero-order valence-electron chi connectivity index (χ0n) is 12.3. The van der Waals surface area contributed by atoms with Crippen molar-refractivity contribution in [2.45, 2.75) is 27.3 Å². The van der Waals surface area contributed by atoms with E-state index in [4.69, 9.17) is 0 Å². The number of nitrogens with one attached hydrogen (secondary N) is 1. The summed E-state index contributed by atoms with van der Waals surface area (Å²) >= 11 is 0. The summed E-state index contributed by atoms with van der Waals surface area (Å²) in [5, 5.41) is 11.4. The van der Waals surface area contributed by atoms with Gasteiger partial charge in [-0.1, -0.05) is 29.8 Å². The van der Waals surface area contributed by atoms with Gasteiger partial charge in [-0.3, -0.25) is 0 Å². The number of aromatic nitrogens is 3. The number of rotatable bonds is 6. The number of benzene rings is 1. The molecule has 0 radical (unpaired) electrons. The predicted molar refractivity (Wildman–Crippen MR) is 81.9 cm³/mol. The van der Waals surface area contributed by atoms with Crippen molar-refractivity contribution >= 4 is 11.8 Å². The lowest BCUT2D eigenvalue weighted by Crippen LogP contribution is -2.24. The summed E-state index contributed by atoms with van der Waals surface area (Å²) in [4.78, 5) is 6.57. The first-order valence-corrected chi connectivity index (χ1v) is 6.97. The van der Waals surface area contributed by atoms with E-state index in [9.17, 15) is 0 Å². The number of anilines is 2. The van der Waals surface area contributed by atoms with Crippen LogP contribution in [0.15, 0.2) is 30.5 Å². The van der Waals surface area contributed by atoms with Crippen LogP contribution in [-0.2, 0) is 6.54 Å². The first kappa shape index (κ1) is 14.2. The van der Waals surface area contributed by atoms with Crippen molar-refractivity contribution in [1.29, 1.82) is 0 Å².